The first-order chi connectivity index (χ1) is 10.0. The third-order valence-electron chi connectivity index (χ3n) is 3.46. The van der Waals surface area contributed by atoms with Gasteiger partial charge in [0.2, 0.25) is 0 Å². The van der Waals surface area contributed by atoms with E-state index in [1.165, 1.54) is 0 Å². The molecule has 0 aromatic rings. The Labute approximate surface area is 126 Å². The Hall–Kier alpha value is -1.34. The smallest absolute Gasteiger partial charge is 0.326 e. The van der Waals surface area contributed by atoms with Gasteiger partial charge in [0.1, 0.15) is 6.04 Å². The molecule has 1 saturated heterocycles. The zero-order valence-electron chi connectivity index (χ0n) is 12.9. The van der Waals surface area contributed by atoms with Gasteiger partial charge in [0, 0.05) is 25.7 Å². The number of hydrogen-bond acceptors (Lipinski definition) is 4. The molecule has 7 nitrogen and oxygen atoms in total. The third kappa shape index (κ3) is 7.29. The van der Waals surface area contributed by atoms with Crippen LogP contribution in [0.5, 0.6) is 0 Å². The fraction of sp³-hybridized carbons (Fsp3) is 0.857. The summed E-state index contributed by atoms with van der Waals surface area (Å²) >= 11 is 0. The molecule has 2 unspecified atom stereocenters. The molecule has 0 spiro atoms. The highest BCUT2D eigenvalue weighted by molar-refractivity contribution is 5.82. The Balaban J connectivity index is 2.31. The minimum atomic E-state index is -0.987. The first-order valence-corrected chi connectivity index (χ1v) is 7.62. The molecule has 0 aromatic carbocycles. The summed E-state index contributed by atoms with van der Waals surface area (Å²) in [5.74, 6) is -0.987. The second-order valence-electron chi connectivity index (χ2n) is 5.46. The zero-order chi connectivity index (χ0) is 15.7. The third-order valence-corrected chi connectivity index (χ3v) is 3.46. The summed E-state index contributed by atoms with van der Waals surface area (Å²) in [7, 11) is 0. The lowest BCUT2D eigenvalue weighted by Gasteiger charge is -2.29. The summed E-state index contributed by atoms with van der Waals surface area (Å²) in [6.07, 6.45) is 2.14. The molecule has 7 heteroatoms. The lowest BCUT2D eigenvalue weighted by Crippen LogP contribution is -2.51. The van der Waals surface area contributed by atoms with Crippen LogP contribution < -0.4 is 10.6 Å². The number of carboxylic acid groups (broad SMARTS) is 1. The standard InChI is InChI=1S/C14H27N3O4/c1-3-4-5-12(13(18)19)16-14(20)15-11(2)10-17-6-8-21-9-7-17/h11-12H,3-10H2,1-2H3,(H,18,19)(H2,15,16,20). The molecule has 0 aliphatic carbocycles. The van der Waals surface area contributed by atoms with Crippen molar-refractivity contribution in [3.05, 3.63) is 0 Å². The molecular weight excluding hydrogens is 274 g/mol. The molecule has 0 saturated carbocycles. The molecule has 1 aliphatic heterocycles. The van der Waals surface area contributed by atoms with Crippen molar-refractivity contribution in [2.75, 3.05) is 32.8 Å². The van der Waals surface area contributed by atoms with E-state index in [0.717, 1.165) is 45.7 Å². The highest BCUT2D eigenvalue weighted by atomic mass is 16.5. The molecule has 21 heavy (non-hydrogen) atoms. The summed E-state index contributed by atoms with van der Waals surface area (Å²) in [6, 6.07) is -1.27. The number of urea groups is 1. The van der Waals surface area contributed by atoms with E-state index in [-0.39, 0.29) is 6.04 Å². The van der Waals surface area contributed by atoms with Crippen molar-refractivity contribution >= 4 is 12.0 Å². The van der Waals surface area contributed by atoms with Crippen LogP contribution in [0, 0.1) is 0 Å². The Bertz CT molecular complexity index is 332. The Kier molecular flexibility index (Phi) is 8.07. The molecule has 3 N–H and O–H groups in total. The average Bonchev–Trinajstić information content (AvgIpc) is 2.44. The van der Waals surface area contributed by atoms with Crippen molar-refractivity contribution in [2.24, 2.45) is 0 Å². The van der Waals surface area contributed by atoms with Gasteiger partial charge in [0.15, 0.2) is 0 Å². The van der Waals surface area contributed by atoms with Crippen molar-refractivity contribution in [1.29, 1.82) is 0 Å². The molecule has 1 heterocycles. The molecule has 1 fully saturated rings. The summed E-state index contributed by atoms with van der Waals surface area (Å²) in [5.41, 5.74) is 0. The number of hydrogen-bond donors (Lipinski definition) is 3. The van der Waals surface area contributed by atoms with Crippen LogP contribution in [0.4, 0.5) is 4.79 Å². The monoisotopic (exact) mass is 301 g/mol. The maximum absolute atomic E-state index is 11.8. The zero-order valence-corrected chi connectivity index (χ0v) is 12.9. The summed E-state index contributed by atoms with van der Waals surface area (Å²) in [5, 5.41) is 14.4. The highest BCUT2D eigenvalue weighted by Crippen LogP contribution is 2.01. The predicted octanol–water partition coefficient (Wildman–Crippen LogP) is 0.650. The van der Waals surface area contributed by atoms with Crippen LogP contribution in [0.2, 0.25) is 0 Å². The quantitative estimate of drug-likeness (QED) is 0.612. The van der Waals surface area contributed by atoms with Gasteiger partial charge in [-0.1, -0.05) is 19.8 Å². The average molecular weight is 301 g/mol. The highest BCUT2D eigenvalue weighted by Gasteiger charge is 2.21. The normalized spacial score (nSPS) is 18.8. The number of nitrogens with zero attached hydrogens (tertiary/aromatic N) is 1. The van der Waals surface area contributed by atoms with Crippen molar-refractivity contribution in [3.8, 4) is 0 Å². The SMILES string of the molecule is CCCCC(NC(=O)NC(C)CN1CCOCC1)C(=O)O. The van der Waals surface area contributed by atoms with Crippen molar-refractivity contribution < 1.29 is 19.4 Å². The maximum Gasteiger partial charge on any atom is 0.326 e. The van der Waals surface area contributed by atoms with Gasteiger partial charge in [-0.2, -0.15) is 0 Å². The van der Waals surface area contributed by atoms with Crippen LogP contribution in [-0.4, -0.2) is 66.9 Å². The van der Waals surface area contributed by atoms with Crippen LogP contribution in [0.1, 0.15) is 33.1 Å². The van der Waals surface area contributed by atoms with Crippen LogP contribution in [0.15, 0.2) is 0 Å². The molecular formula is C14H27N3O4. The van der Waals surface area contributed by atoms with Crippen LogP contribution in [-0.2, 0) is 9.53 Å². The van der Waals surface area contributed by atoms with E-state index in [0.29, 0.717) is 6.42 Å². The molecule has 0 bridgehead atoms. The van der Waals surface area contributed by atoms with E-state index in [9.17, 15) is 9.59 Å². The minimum absolute atomic E-state index is 0.0382. The first kappa shape index (κ1) is 17.7. The molecule has 0 radical (unpaired) electrons. The number of ether oxygens (including phenoxy) is 1. The van der Waals surface area contributed by atoms with Gasteiger partial charge in [0.25, 0.3) is 0 Å². The van der Waals surface area contributed by atoms with Crippen molar-refractivity contribution in [2.45, 2.75) is 45.2 Å². The number of rotatable bonds is 8. The van der Waals surface area contributed by atoms with Gasteiger partial charge in [0.05, 0.1) is 13.2 Å². The molecule has 2 atom stereocenters. The van der Waals surface area contributed by atoms with Crippen LogP contribution >= 0.6 is 0 Å². The summed E-state index contributed by atoms with van der Waals surface area (Å²) in [6.45, 7) is 7.81. The second kappa shape index (κ2) is 9.57. The lowest BCUT2D eigenvalue weighted by atomic mass is 10.1. The van der Waals surface area contributed by atoms with Gasteiger partial charge < -0.3 is 20.5 Å². The number of amides is 2. The number of nitrogens with one attached hydrogen (secondary N) is 2. The second-order valence-corrected chi connectivity index (χ2v) is 5.46. The number of carbonyl (C=O) groups is 2. The van der Waals surface area contributed by atoms with Gasteiger partial charge in [-0.25, -0.2) is 9.59 Å². The predicted molar refractivity (Wildman–Crippen MR) is 79.3 cm³/mol. The topological polar surface area (TPSA) is 90.9 Å². The number of carbonyl (C=O) groups excluding carboxylic acids is 1. The lowest BCUT2D eigenvalue weighted by molar-refractivity contribution is -0.139. The maximum atomic E-state index is 11.8. The summed E-state index contributed by atoms with van der Waals surface area (Å²) < 4.78 is 5.27. The van der Waals surface area contributed by atoms with E-state index in [1.807, 2.05) is 13.8 Å². The van der Waals surface area contributed by atoms with Gasteiger partial charge in [-0.15, -0.1) is 0 Å². The number of aliphatic carboxylic acids is 1. The minimum Gasteiger partial charge on any atom is -0.480 e. The Morgan fingerprint density at radius 3 is 2.52 bits per heavy atom. The largest absolute Gasteiger partial charge is 0.480 e. The fourth-order valence-corrected chi connectivity index (χ4v) is 2.31. The number of unbranched alkanes of at least 4 members (excludes halogenated alkanes) is 1. The van der Waals surface area contributed by atoms with Crippen LogP contribution in [0.3, 0.4) is 0 Å². The summed E-state index contributed by atoms with van der Waals surface area (Å²) in [4.78, 5) is 25.1. The van der Waals surface area contributed by atoms with E-state index < -0.39 is 18.0 Å². The molecule has 0 aromatic heterocycles. The number of morpholine rings is 1. The van der Waals surface area contributed by atoms with Crippen molar-refractivity contribution in [1.82, 2.24) is 15.5 Å². The van der Waals surface area contributed by atoms with Crippen LogP contribution in [0.25, 0.3) is 0 Å². The fourth-order valence-electron chi connectivity index (χ4n) is 2.31. The first-order valence-electron chi connectivity index (χ1n) is 7.62. The van der Waals surface area contributed by atoms with E-state index in [4.69, 9.17) is 9.84 Å². The van der Waals surface area contributed by atoms with Crippen molar-refractivity contribution in [3.63, 3.8) is 0 Å². The molecule has 1 aliphatic rings. The van der Waals surface area contributed by atoms with Gasteiger partial charge in [-0.3, -0.25) is 4.90 Å². The molecule has 2 amide bonds. The molecule has 122 valence electrons. The van der Waals surface area contributed by atoms with E-state index >= 15 is 0 Å². The Morgan fingerprint density at radius 2 is 1.95 bits per heavy atom. The Morgan fingerprint density at radius 1 is 1.29 bits per heavy atom. The van der Waals surface area contributed by atoms with E-state index in [2.05, 4.69) is 15.5 Å². The van der Waals surface area contributed by atoms with E-state index in [1.54, 1.807) is 0 Å². The number of carboxylic acids is 1. The van der Waals surface area contributed by atoms with Gasteiger partial charge >= 0.3 is 12.0 Å². The van der Waals surface area contributed by atoms with Gasteiger partial charge in [-0.05, 0) is 13.3 Å². The molecule has 1 rings (SSSR count).